The number of aryl methyl sites for hydroxylation is 3. The number of nitrogens with one attached hydrogen (secondary N) is 1. The maximum atomic E-state index is 13.8. The summed E-state index contributed by atoms with van der Waals surface area (Å²) < 4.78 is 41.1. The molecule has 0 spiro atoms. The number of H-pyrrole nitrogens is 1. The molecule has 1 saturated heterocycles. The van der Waals surface area contributed by atoms with Crippen molar-refractivity contribution in [2.75, 3.05) is 26.2 Å². The lowest BCUT2D eigenvalue weighted by atomic mass is 10.1. The fourth-order valence-electron chi connectivity index (χ4n) is 3.30. The molecule has 0 radical (unpaired) electrons. The van der Waals surface area contributed by atoms with E-state index in [9.17, 15) is 17.6 Å². The summed E-state index contributed by atoms with van der Waals surface area (Å²) in [6.45, 7) is 6.14. The Labute approximate surface area is 158 Å². The highest BCUT2D eigenvalue weighted by molar-refractivity contribution is 7.89. The van der Waals surface area contributed by atoms with E-state index in [1.54, 1.807) is 37.8 Å². The van der Waals surface area contributed by atoms with Crippen molar-refractivity contribution < 1.29 is 17.6 Å². The molecular weight excluding hydrogens is 371 g/mol. The van der Waals surface area contributed by atoms with Gasteiger partial charge in [0.05, 0.1) is 11.4 Å². The van der Waals surface area contributed by atoms with Crippen LogP contribution >= 0.6 is 0 Å². The number of carbonyl (C=O) groups is 1. The molecule has 0 atom stereocenters. The number of nitrogens with zero attached hydrogens (tertiary/aromatic N) is 3. The average molecular weight is 394 g/mol. The van der Waals surface area contributed by atoms with Crippen molar-refractivity contribution in [1.29, 1.82) is 0 Å². The number of rotatable bonds is 3. The van der Waals surface area contributed by atoms with Gasteiger partial charge in [-0.25, -0.2) is 12.8 Å². The first-order valence-corrected chi connectivity index (χ1v) is 10.2. The third-order valence-electron chi connectivity index (χ3n) is 4.82. The van der Waals surface area contributed by atoms with E-state index in [2.05, 4.69) is 10.2 Å². The Bertz CT molecular complexity index is 951. The zero-order valence-corrected chi connectivity index (χ0v) is 16.4. The third-order valence-corrected chi connectivity index (χ3v) is 6.98. The lowest BCUT2D eigenvalue weighted by Gasteiger charge is -2.22. The largest absolute Gasteiger partial charge is 0.337 e. The molecule has 1 N–H and O–H groups in total. The maximum Gasteiger partial charge on any atom is 0.254 e. The summed E-state index contributed by atoms with van der Waals surface area (Å²) in [7, 11) is -3.69. The number of halogens is 1. The van der Waals surface area contributed by atoms with Gasteiger partial charge in [0.1, 0.15) is 10.7 Å². The summed E-state index contributed by atoms with van der Waals surface area (Å²) in [5.41, 5.74) is 1.68. The molecule has 146 valence electrons. The molecule has 1 fully saturated rings. The fourth-order valence-corrected chi connectivity index (χ4v) is 5.10. The van der Waals surface area contributed by atoms with Gasteiger partial charge in [0.25, 0.3) is 5.91 Å². The molecule has 2 aromatic rings. The predicted octanol–water partition coefficient (Wildman–Crippen LogP) is 2.01. The Morgan fingerprint density at radius 1 is 1.15 bits per heavy atom. The predicted molar refractivity (Wildman–Crippen MR) is 98.5 cm³/mol. The lowest BCUT2D eigenvalue weighted by Crippen LogP contribution is -2.37. The summed E-state index contributed by atoms with van der Waals surface area (Å²) in [5, 5.41) is 6.67. The van der Waals surface area contributed by atoms with E-state index in [-0.39, 0.29) is 29.5 Å². The van der Waals surface area contributed by atoms with Crippen molar-refractivity contribution in [1.82, 2.24) is 19.4 Å². The van der Waals surface area contributed by atoms with Crippen LogP contribution in [0.2, 0.25) is 0 Å². The maximum absolute atomic E-state index is 13.8. The molecule has 0 saturated carbocycles. The molecule has 1 aliphatic heterocycles. The molecule has 27 heavy (non-hydrogen) atoms. The van der Waals surface area contributed by atoms with E-state index < -0.39 is 15.8 Å². The second kappa shape index (κ2) is 7.40. The highest BCUT2D eigenvalue weighted by Crippen LogP contribution is 2.23. The summed E-state index contributed by atoms with van der Waals surface area (Å²) in [6.07, 6.45) is 0.509. The number of amides is 1. The van der Waals surface area contributed by atoms with Gasteiger partial charge in [-0.3, -0.25) is 9.89 Å². The Morgan fingerprint density at radius 2 is 1.89 bits per heavy atom. The first kappa shape index (κ1) is 19.5. The SMILES string of the molecule is Cc1ccc(C(=O)N2CCCN(S(=O)(=O)c3c(C)n[nH]c3C)CC2)cc1F. The fraction of sp³-hybridized carbons (Fsp3) is 0.444. The van der Waals surface area contributed by atoms with Crippen molar-refractivity contribution >= 4 is 15.9 Å². The zero-order valence-electron chi connectivity index (χ0n) is 15.6. The number of hydrogen-bond acceptors (Lipinski definition) is 4. The molecule has 1 amide bonds. The molecule has 1 aromatic carbocycles. The highest BCUT2D eigenvalue weighted by Gasteiger charge is 2.32. The molecule has 0 unspecified atom stereocenters. The van der Waals surface area contributed by atoms with E-state index in [1.165, 1.54) is 10.4 Å². The second-order valence-electron chi connectivity index (χ2n) is 6.78. The third kappa shape index (κ3) is 3.74. The normalized spacial score (nSPS) is 16.4. The summed E-state index contributed by atoms with van der Waals surface area (Å²) in [6, 6.07) is 4.40. The number of carbonyl (C=O) groups excluding carboxylic acids is 1. The molecule has 2 heterocycles. The number of aromatic nitrogens is 2. The lowest BCUT2D eigenvalue weighted by molar-refractivity contribution is 0.0763. The van der Waals surface area contributed by atoms with Crippen molar-refractivity contribution in [3.63, 3.8) is 0 Å². The second-order valence-corrected chi connectivity index (χ2v) is 8.65. The first-order chi connectivity index (χ1) is 12.7. The van der Waals surface area contributed by atoms with Crippen LogP contribution in [0.25, 0.3) is 0 Å². The summed E-state index contributed by atoms with van der Waals surface area (Å²) in [5.74, 6) is -0.713. The van der Waals surface area contributed by atoms with E-state index in [0.29, 0.717) is 36.5 Å². The minimum atomic E-state index is -3.69. The molecular formula is C18H23FN4O3S. The summed E-state index contributed by atoms with van der Waals surface area (Å²) >= 11 is 0. The first-order valence-electron chi connectivity index (χ1n) is 8.79. The average Bonchev–Trinajstić information content (AvgIpc) is 2.83. The van der Waals surface area contributed by atoms with Gasteiger partial charge in [0.2, 0.25) is 10.0 Å². The zero-order chi connectivity index (χ0) is 19.8. The monoisotopic (exact) mass is 394 g/mol. The van der Waals surface area contributed by atoms with Gasteiger partial charge in [-0.05, 0) is 44.9 Å². The van der Waals surface area contributed by atoms with E-state index in [1.807, 2.05) is 0 Å². The molecule has 3 rings (SSSR count). The van der Waals surface area contributed by atoms with Gasteiger partial charge in [0.15, 0.2) is 0 Å². The quantitative estimate of drug-likeness (QED) is 0.863. The van der Waals surface area contributed by atoms with Crippen LogP contribution in [-0.4, -0.2) is 59.9 Å². The van der Waals surface area contributed by atoms with Crippen LogP contribution in [0.5, 0.6) is 0 Å². The topological polar surface area (TPSA) is 86.4 Å². The van der Waals surface area contributed by atoms with Gasteiger partial charge in [0, 0.05) is 31.7 Å². The van der Waals surface area contributed by atoms with Crippen molar-refractivity contribution in [3.8, 4) is 0 Å². The van der Waals surface area contributed by atoms with E-state index >= 15 is 0 Å². The molecule has 0 bridgehead atoms. The van der Waals surface area contributed by atoms with Gasteiger partial charge >= 0.3 is 0 Å². The highest BCUT2D eigenvalue weighted by atomic mass is 32.2. The number of hydrogen-bond donors (Lipinski definition) is 1. The Hall–Kier alpha value is -2.26. The van der Waals surface area contributed by atoms with Crippen LogP contribution in [0.3, 0.4) is 0 Å². The van der Waals surface area contributed by atoms with Crippen LogP contribution in [0, 0.1) is 26.6 Å². The Balaban J connectivity index is 1.77. The van der Waals surface area contributed by atoms with Crippen molar-refractivity contribution in [2.45, 2.75) is 32.1 Å². The molecule has 1 aromatic heterocycles. The van der Waals surface area contributed by atoms with Crippen molar-refractivity contribution in [3.05, 3.63) is 46.5 Å². The standard InChI is InChI=1S/C18H23FN4O3S/c1-12-5-6-15(11-16(12)19)18(24)22-7-4-8-23(10-9-22)27(25,26)17-13(2)20-21-14(17)3/h5-6,11H,4,7-10H2,1-3H3,(H,20,21). The molecule has 1 aliphatic rings. The van der Waals surface area contributed by atoms with Crippen LogP contribution in [0.1, 0.15) is 33.7 Å². The molecule has 0 aliphatic carbocycles. The Kier molecular flexibility index (Phi) is 5.34. The molecule has 7 nitrogen and oxygen atoms in total. The van der Waals surface area contributed by atoms with Crippen molar-refractivity contribution in [2.24, 2.45) is 0 Å². The molecule has 9 heteroatoms. The van der Waals surface area contributed by atoms with Gasteiger partial charge in [-0.1, -0.05) is 6.07 Å². The van der Waals surface area contributed by atoms with Crippen LogP contribution < -0.4 is 0 Å². The van der Waals surface area contributed by atoms with Crippen LogP contribution in [-0.2, 0) is 10.0 Å². The van der Waals surface area contributed by atoms with Crippen LogP contribution in [0.4, 0.5) is 4.39 Å². The van der Waals surface area contributed by atoms with E-state index in [4.69, 9.17) is 0 Å². The number of aromatic amines is 1. The smallest absolute Gasteiger partial charge is 0.254 e. The number of sulfonamides is 1. The van der Waals surface area contributed by atoms with Crippen LogP contribution in [0.15, 0.2) is 23.1 Å². The minimum Gasteiger partial charge on any atom is -0.337 e. The van der Waals surface area contributed by atoms with Gasteiger partial charge < -0.3 is 4.90 Å². The Morgan fingerprint density at radius 3 is 2.52 bits per heavy atom. The van der Waals surface area contributed by atoms with Gasteiger partial charge in [-0.15, -0.1) is 0 Å². The minimum absolute atomic E-state index is 0.187. The summed E-state index contributed by atoms with van der Waals surface area (Å²) in [4.78, 5) is 14.5. The van der Waals surface area contributed by atoms with Gasteiger partial charge in [-0.2, -0.15) is 9.40 Å². The van der Waals surface area contributed by atoms with E-state index in [0.717, 1.165) is 0 Å². The number of benzene rings is 1.